The molecule has 0 saturated heterocycles. The summed E-state index contributed by atoms with van der Waals surface area (Å²) >= 11 is 0. The van der Waals surface area contributed by atoms with Crippen LogP contribution in [0.1, 0.15) is 5.56 Å². The van der Waals surface area contributed by atoms with Gasteiger partial charge in [0.25, 0.3) is 0 Å². The van der Waals surface area contributed by atoms with Crippen LogP contribution < -0.4 is 0 Å². The Morgan fingerprint density at radius 1 is 0.909 bits per heavy atom. The van der Waals surface area contributed by atoms with E-state index in [4.69, 9.17) is 0 Å². The van der Waals surface area contributed by atoms with Crippen LogP contribution in [0.5, 0.6) is 0 Å². The Balaban J connectivity index is 1.90. The van der Waals surface area contributed by atoms with Crippen LogP contribution in [0.3, 0.4) is 0 Å². The number of nitrogens with zero attached hydrogens (tertiary/aromatic N) is 4. The van der Waals surface area contributed by atoms with Gasteiger partial charge in [-0.25, -0.2) is 4.68 Å². The molecule has 2 aromatic heterocycles. The molecule has 22 heavy (non-hydrogen) atoms. The minimum atomic E-state index is 1.05. The van der Waals surface area contributed by atoms with Crippen LogP contribution in [-0.4, -0.2) is 26.1 Å². The molecule has 5 heteroatoms. The molecule has 0 fully saturated rings. The molecule has 0 amide bonds. The number of hydrogen-bond donors (Lipinski definition) is 1. The molecule has 2 heterocycles. The van der Waals surface area contributed by atoms with Gasteiger partial charge in [-0.05, 0) is 11.6 Å². The molecule has 4 rings (SSSR count). The number of aromatic nitrogens is 4. The molecule has 0 atom stereocenters. The van der Waals surface area contributed by atoms with Gasteiger partial charge in [-0.3, -0.25) is 0 Å². The summed E-state index contributed by atoms with van der Waals surface area (Å²) < 4.78 is 1.58. The van der Waals surface area contributed by atoms with Gasteiger partial charge in [0.15, 0.2) is 0 Å². The number of para-hydroxylation sites is 1. The second-order valence-corrected chi connectivity index (χ2v) is 4.91. The third kappa shape index (κ3) is 2.18. The first kappa shape index (κ1) is 12.5. The third-order valence-corrected chi connectivity index (χ3v) is 3.54. The molecule has 0 radical (unpaired) electrons. The zero-order valence-corrected chi connectivity index (χ0v) is 11.7. The predicted octanol–water partition coefficient (Wildman–Crippen LogP) is 3.31. The molecular weight excluding hydrogens is 274 g/mol. The Bertz CT molecular complexity index is 920. The Labute approximate surface area is 126 Å². The maximum absolute atomic E-state index is 4.39. The van der Waals surface area contributed by atoms with Crippen molar-refractivity contribution in [2.75, 3.05) is 0 Å². The monoisotopic (exact) mass is 287 g/mol. The quantitative estimate of drug-likeness (QED) is 0.588. The topological polar surface area (TPSA) is 58.9 Å². The highest BCUT2D eigenvalue weighted by Crippen LogP contribution is 2.28. The van der Waals surface area contributed by atoms with Crippen molar-refractivity contribution in [3.8, 4) is 11.3 Å². The summed E-state index contributed by atoms with van der Waals surface area (Å²) in [5.41, 5.74) is 4.32. The van der Waals surface area contributed by atoms with Gasteiger partial charge in [0, 0.05) is 16.5 Å². The first-order valence-corrected chi connectivity index (χ1v) is 6.97. The third-order valence-electron chi connectivity index (χ3n) is 3.54. The van der Waals surface area contributed by atoms with E-state index in [1.165, 1.54) is 0 Å². The van der Waals surface area contributed by atoms with Gasteiger partial charge in [0.2, 0.25) is 0 Å². The van der Waals surface area contributed by atoms with Gasteiger partial charge >= 0.3 is 0 Å². The van der Waals surface area contributed by atoms with Crippen LogP contribution in [0, 0.1) is 0 Å². The normalized spacial score (nSPS) is 11.5. The molecule has 5 nitrogen and oxygen atoms in total. The number of hydrogen-bond acceptors (Lipinski definition) is 3. The van der Waals surface area contributed by atoms with Crippen molar-refractivity contribution in [1.29, 1.82) is 0 Å². The number of aromatic amines is 1. The molecule has 0 aliphatic heterocycles. The van der Waals surface area contributed by atoms with Gasteiger partial charge in [0.05, 0.1) is 11.9 Å². The zero-order valence-electron chi connectivity index (χ0n) is 11.7. The lowest BCUT2D eigenvalue weighted by molar-refractivity contribution is 0.878. The predicted molar refractivity (Wildman–Crippen MR) is 86.7 cm³/mol. The molecule has 0 aliphatic rings. The fraction of sp³-hybridized carbons (Fsp3) is 0. The Morgan fingerprint density at radius 3 is 2.45 bits per heavy atom. The summed E-state index contributed by atoms with van der Waals surface area (Å²) in [5, 5.41) is 13.0. The first-order valence-electron chi connectivity index (χ1n) is 6.97. The van der Waals surface area contributed by atoms with Crippen LogP contribution in [0.25, 0.3) is 22.2 Å². The summed E-state index contributed by atoms with van der Waals surface area (Å²) in [7, 11) is 0. The number of H-pyrrole nitrogens is 1. The molecule has 1 N–H and O–H groups in total. The van der Waals surface area contributed by atoms with Gasteiger partial charge < -0.3 is 4.98 Å². The summed E-state index contributed by atoms with van der Waals surface area (Å²) in [6.45, 7) is 0. The maximum Gasteiger partial charge on any atom is 0.141 e. The van der Waals surface area contributed by atoms with E-state index in [0.29, 0.717) is 0 Å². The van der Waals surface area contributed by atoms with E-state index in [1.807, 2.05) is 36.5 Å². The van der Waals surface area contributed by atoms with Crippen LogP contribution in [0.15, 0.2) is 72.4 Å². The van der Waals surface area contributed by atoms with E-state index in [2.05, 4.69) is 44.5 Å². The molecule has 4 aromatic rings. The van der Waals surface area contributed by atoms with Crippen molar-refractivity contribution in [2.24, 2.45) is 5.10 Å². The molecule has 2 aromatic carbocycles. The largest absolute Gasteiger partial charge is 0.354 e. The molecule has 0 unspecified atom stereocenters. The first-order chi connectivity index (χ1) is 10.9. The van der Waals surface area contributed by atoms with Gasteiger partial charge in [0.1, 0.15) is 12.7 Å². The molecular formula is C17H13N5. The lowest BCUT2D eigenvalue weighted by Gasteiger charge is -2.00. The van der Waals surface area contributed by atoms with Crippen molar-refractivity contribution in [3.05, 3.63) is 72.8 Å². The Hall–Kier alpha value is -3.21. The highest BCUT2D eigenvalue weighted by molar-refractivity contribution is 6.05. The highest BCUT2D eigenvalue weighted by atomic mass is 15.4. The van der Waals surface area contributed by atoms with Crippen LogP contribution in [0.2, 0.25) is 0 Å². The fourth-order valence-corrected chi connectivity index (χ4v) is 2.51. The lowest BCUT2D eigenvalue weighted by Crippen LogP contribution is -1.89. The SMILES string of the molecule is C(=Nn1cnnc1)c1c(-c2ccccc2)[nH]c2ccccc12. The standard InChI is InChI=1S/C17H13N5/c1-2-6-13(7-3-1)17-15(10-20-22-11-18-19-12-22)14-8-4-5-9-16(14)21-17/h1-12,21H. The lowest BCUT2D eigenvalue weighted by atomic mass is 10.1. The molecule has 106 valence electrons. The Morgan fingerprint density at radius 2 is 1.64 bits per heavy atom. The van der Waals surface area contributed by atoms with E-state index in [-0.39, 0.29) is 0 Å². The van der Waals surface area contributed by atoms with E-state index in [1.54, 1.807) is 17.3 Å². The van der Waals surface area contributed by atoms with Gasteiger partial charge in [-0.15, -0.1) is 10.2 Å². The maximum atomic E-state index is 4.39. The van der Waals surface area contributed by atoms with E-state index in [0.717, 1.165) is 27.7 Å². The summed E-state index contributed by atoms with van der Waals surface area (Å²) in [4.78, 5) is 3.48. The minimum absolute atomic E-state index is 1.05. The molecule has 0 spiro atoms. The summed E-state index contributed by atoms with van der Waals surface area (Å²) in [6.07, 6.45) is 4.96. The zero-order chi connectivity index (χ0) is 14.8. The van der Waals surface area contributed by atoms with E-state index < -0.39 is 0 Å². The number of benzene rings is 2. The van der Waals surface area contributed by atoms with Crippen molar-refractivity contribution < 1.29 is 0 Å². The fourth-order valence-electron chi connectivity index (χ4n) is 2.51. The molecule has 0 bridgehead atoms. The second kappa shape index (κ2) is 5.29. The smallest absolute Gasteiger partial charge is 0.141 e. The van der Waals surface area contributed by atoms with E-state index in [9.17, 15) is 0 Å². The average molecular weight is 287 g/mol. The minimum Gasteiger partial charge on any atom is -0.354 e. The molecule has 0 saturated carbocycles. The molecule has 0 aliphatic carbocycles. The van der Waals surface area contributed by atoms with Crippen molar-refractivity contribution >= 4 is 17.1 Å². The van der Waals surface area contributed by atoms with Crippen LogP contribution in [0.4, 0.5) is 0 Å². The average Bonchev–Trinajstić information content (AvgIpc) is 3.21. The number of nitrogens with one attached hydrogen (secondary N) is 1. The number of fused-ring (bicyclic) bond motifs is 1. The number of rotatable bonds is 3. The van der Waals surface area contributed by atoms with Gasteiger partial charge in [-0.2, -0.15) is 5.10 Å². The van der Waals surface area contributed by atoms with Crippen molar-refractivity contribution in [1.82, 2.24) is 19.9 Å². The van der Waals surface area contributed by atoms with Crippen LogP contribution >= 0.6 is 0 Å². The Kier molecular flexibility index (Phi) is 3.01. The van der Waals surface area contributed by atoms with Crippen LogP contribution in [-0.2, 0) is 0 Å². The second-order valence-electron chi connectivity index (χ2n) is 4.91. The van der Waals surface area contributed by atoms with E-state index >= 15 is 0 Å². The van der Waals surface area contributed by atoms with Crippen molar-refractivity contribution in [2.45, 2.75) is 0 Å². The summed E-state index contributed by atoms with van der Waals surface area (Å²) in [5.74, 6) is 0. The summed E-state index contributed by atoms with van der Waals surface area (Å²) in [6, 6.07) is 18.4. The highest BCUT2D eigenvalue weighted by Gasteiger charge is 2.11. The van der Waals surface area contributed by atoms with Crippen molar-refractivity contribution in [3.63, 3.8) is 0 Å². The van der Waals surface area contributed by atoms with Gasteiger partial charge in [-0.1, -0.05) is 48.5 Å².